The van der Waals surface area contributed by atoms with E-state index in [2.05, 4.69) is 21.2 Å². The number of aliphatic hydroxyl groups is 1. The fourth-order valence-electron chi connectivity index (χ4n) is 2.86. The van der Waals surface area contributed by atoms with E-state index in [9.17, 15) is 9.90 Å². The molecule has 0 radical (unpaired) electrons. The van der Waals surface area contributed by atoms with Crippen LogP contribution in [0.2, 0.25) is 0 Å². The van der Waals surface area contributed by atoms with Crippen LogP contribution in [0.3, 0.4) is 0 Å². The fraction of sp³-hybridized carbons (Fsp3) is 0.643. The number of aliphatic hydroxyl groups excluding tert-OH is 1. The van der Waals surface area contributed by atoms with E-state index in [4.69, 9.17) is 0 Å². The second-order valence-corrected chi connectivity index (χ2v) is 6.27. The maximum atomic E-state index is 12.1. The van der Waals surface area contributed by atoms with Gasteiger partial charge < -0.3 is 15.0 Å². The predicted octanol–water partition coefficient (Wildman–Crippen LogP) is 2.32. The number of amides is 1. The van der Waals surface area contributed by atoms with Gasteiger partial charge in [0.25, 0.3) is 5.91 Å². The number of rotatable bonds is 4. The van der Waals surface area contributed by atoms with Crippen molar-refractivity contribution in [1.82, 2.24) is 9.88 Å². The monoisotopic (exact) mass is 328 g/mol. The molecule has 1 heterocycles. The molecule has 0 aliphatic heterocycles. The number of aryl methyl sites for hydroxylation is 1. The highest BCUT2D eigenvalue weighted by Crippen LogP contribution is 2.29. The largest absolute Gasteiger partial charge is 0.396 e. The minimum Gasteiger partial charge on any atom is -0.396 e. The molecule has 19 heavy (non-hydrogen) atoms. The van der Waals surface area contributed by atoms with Crippen molar-refractivity contribution in [3.8, 4) is 0 Å². The smallest absolute Gasteiger partial charge is 0.267 e. The first-order valence-electron chi connectivity index (χ1n) is 6.82. The molecule has 1 saturated carbocycles. The quantitative estimate of drug-likeness (QED) is 0.891. The van der Waals surface area contributed by atoms with Crippen molar-refractivity contribution in [3.63, 3.8) is 0 Å². The highest BCUT2D eigenvalue weighted by molar-refractivity contribution is 9.10. The molecule has 1 aromatic heterocycles. The summed E-state index contributed by atoms with van der Waals surface area (Å²) in [5.41, 5.74) is 0.656. The lowest BCUT2D eigenvalue weighted by molar-refractivity contribution is 0.0901. The van der Waals surface area contributed by atoms with Crippen molar-refractivity contribution in [2.45, 2.75) is 25.7 Å². The van der Waals surface area contributed by atoms with Gasteiger partial charge in [-0.25, -0.2) is 0 Å². The summed E-state index contributed by atoms with van der Waals surface area (Å²) in [6.45, 7) is 0.892. The highest BCUT2D eigenvalue weighted by Gasteiger charge is 2.25. The zero-order valence-electron chi connectivity index (χ0n) is 11.2. The van der Waals surface area contributed by atoms with Crippen molar-refractivity contribution in [2.24, 2.45) is 18.9 Å². The molecular weight excluding hydrogens is 308 g/mol. The maximum absolute atomic E-state index is 12.1. The molecule has 1 aromatic rings. The Labute approximate surface area is 122 Å². The fourth-order valence-corrected chi connectivity index (χ4v) is 3.38. The second-order valence-electron chi connectivity index (χ2n) is 5.35. The van der Waals surface area contributed by atoms with Gasteiger partial charge in [-0.1, -0.05) is 12.8 Å². The third kappa shape index (κ3) is 3.60. The van der Waals surface area contributed by atoms with Gasteiger partial charge in [-0.15, -0.1) is 0 Å². The molecule has 1 fully saturated rings. The second kappa shape index (κ2) is 6.57. The molecule has 1 amide bonds. The Balaban J connectivity index is 1.91. The van der Waals surface area contributed by atoms with Crippen LogP contribution in [0, 0.1) is 11.8 Å². The molecule has 0 saturated heterocycles. The van der Waals surface area contributed by atoms with Crippen LogP contribution in [0.5, 0.6) is 0 Å². The summed E-state index contributed by atoms with van der Waals surface area (Å²) >= 11 is 3.37. The lowest BCUT2D eigenvalue weighted by Crippen LogP contribution is -2.36. The average Bonchev–Trinajstić information content (AvgIpc) is 2.75. The van der Waals surface area contributed by atoms with Crippen molar-refractivity contribution >= 4 is 21.8 Å². The highest BCUT2D eigenvalue weighted by atomic mass is 79.9. The molecule has 2 unspecified atom stereocenters. The van der Waals surface area contributed by atoms with E-state index in [0.717, 1.165) is 17.3 Å². The van der Waals surface area contributed by atoms with Gasteiger partial charge in [0.2, 0.25) is 0 Å². The molecule has 2 N–H and O–H groups in total. The number of hydrogen-bond acceptors (Lipinski definition) is 2. The number of nitrogens with one attached hydrogen (secondary N) is 1. The van der Waals surface area contributed by atoms with Crippen molar-refractivity contribution in [3.05, 3.63) is 22.4 Å². The SMILES string of the molecule is Cn1cc(Br)cc1C(=O)NCC1CCCCC1CO. The zero-order valence-corrected chi connectivity index (χ0v) is 12.8. The van der Waals surface area contributed by atoms with Gasteiger partial charge in [0.05, 0.1) is 0 Å². The standard InChI is InChI=1S/C14H21BrN2O2/c1-17-8-12(15)6-13(17)14(19)16-7-10-4-2-3-5-11(10)9-18/h6,8,10-11,18H,2-5,7,9H2,1H3,(H,16,19). The van der Waals surface area contributed by atoms with Gasteiger partial charge in [-0.2, -0.15) is 0 Å². The van der Waals surface area contributed by atoms with Gasteiger partial charge in [0.15, 0.2) is 0 Å². The Morgan fingerprint density at radius 3 is 2.74 bits per heavy atom. The Morgan fingerprint density at radius 1 is 1.47 bits per heavy atom. The number of aromatic nitrogens is 1. The van der Waals surface area contributed by atoms with Gasteiger partial charge in [-0.05, 0) is 46.7 Å². The topological polar surface area (TPSA) is 54.3 Å². The van der Waals surface area contributed by atoms with Crippen molar-refractivity contribution in [2.75, 3.05) is 13.2 Å². The van der Waals surface area contributed by atoms with Crippen LogP contribution >= 0.6 is 15.9 Å². The average molecular weight is 329 g/mol. The van der Waals surface area contributed by atoms with Crippen LogP contribution in [-0.2, 0) is 7.05 Å². The summed E-state index contributed by atoms with van der Waals surface area (Å²) in [6.07, 6.45) is 6.44. The summed E-state index contributed by atoms with van der Waals surface area (Å²) in [4.78, 5) is 12.1. The third-order valence-corrected chi connectivity index (χ3v) is 4.46. The van der Waals surface area contributed by atoms with Crippen molar-refractivity contribution < 1.29 is 9.90 Å². The van der Waals surface area contributed by atoms with E-state index >= 15 is 0 Å². The van der Waals surface area contributed by atoms with Crippen LogP contribution in [-0.4, -0.2) is 28.7 Å². The van der Waals surface area contributed by atoms with Crippen LogP contribution < -0.4 is 5.32 Å². The Bertz CT molecular complexity index is 445. The molecule has 0 aromatic carbocycles. The summed E-state index contributed by atoms with van der Waals surface area (Å²) in [6, 6.07) is 1.82. The first-order chi connectivity index (χ1) is 9.11. The number of carbonyl (C=O) groups excluding carboxylic acids is 1. The number of hydrogen-bond donors (Lipinski definition) is 2. The first kappa shape index (κ1) is 14.6. The van der Waals surface area contributed by atoms with Crippen molar-refractivity contribution in [1.29, 1.82) is 0 Å². The lowest BCUT2D eigenvalue weighted by Gasteiger charge is -2.30. The third-order valence-electron chi connectivity index (χ3n) is 4.03. The van der Waals surface area contributed by atoms with Crippen LogP contribution in [0.4, 0.5) is 0 Å². The van der Waals surface area contributed by atoms with E-state index < -0.39 is 0 Å². The molecule has 106 valence electrons. The summed E-state index contributed by atoms with van der Waals surface area (Å²) < 4.78 is 2.72. The van der Waals surface area contributed by atoms with Gasteiger partial charge in [0, 0.05) is 30.9 Å². The Kier molecular flexibility index (Phi) is 5.05. The van der Waals surface area contributed by atoms with Gasteiger partial charge in [-0.3, -0.25) is 4.79 Å². The van der Waals surface area contributed by atoms with E-state index in [0.29, 0.717) is 24.1 Å². The molecule has 4 nitrogen and oxygen atoms in total. The number of nitrogens with zero attached hydrogens (tertiary/aromatic N) is 1. The van der Waals surface area contributed by atoms with Crippen LogP contribution in [0.1, 0.15) is 36.2 Å². The number of carbonyl (C=O) groups is 1. The number of halogens is 1. The van der Waals surface area contributed by atoms with E-state index in [1.807, 2.05) is 23.9 Å². The molecule has 5 heteroatoms. The van der Waals surface area contributed by atoms with Crippen LogP contribution in [0.15, 0.2) is 16.7 Å². The molecular formula is C14H21BrN2O2. The first-order valence-corrected chi connectivity index (χ1v) is 7.62. The summed E-state index contributed by atoms with van der Waals surface area (Å²) in [7, 11) is 1.86. The van der Waals surface area contributed by atoms with Gasteiger partial charge >= 0.3 is 0 Å². The maximum Gasteiger partial charge on any atom is 0.267 e. The minimum atomic E-state index is -0.0459. The molecule has 2 rings (SSSR count). The summed E-state index contributed by atoms with van der Waals surface area (Å²) in [5, 5.41) is 12.4. The Morgan fingerprint density at radius 2 is 2.16 bits per heavy atom. The molecule has 2 atom stereocenters. The van der Waals surface area contributed by atoms with E-state index in [1.54, 1.807) is 0 Å². The van der Waals surface area contributed by atoms with Gasteiger partial charge in [0.1, 0.15) is 5.69 Å². The predicted molar refractivity (Wildman–Crippen MR) is 78.0 cm³/mol. The minimum absolute atomic E-state index is 0.0459. The lowest BCUT2D eigenvalue weighted by atomic mass is 9.79. The Hall–Kier alpha value is -0.810. The normalized spacial score (nSPS) is 23.3. The van der Waals surface area contributed by atoms with Crippen LogP contribution in [0.25, 0.3) is 0 Å². The molecule has 1 aliphatic carbocycles. The van der Waals surface area contributed by atoms with E-state index in [-0.39, 0.29) is 12.5 Å². The molecule has 0 spiro atoms. The van der Waals surface area contributed by atoms with E-state index in [1.165, 1.54) is 12.8 Å². The molecule has 0 bridgehead atoms. The molecule has 1 aliphatic rings. The zero-order chi connectivity index (χ0) is 13.8. The summed E-state index contributed by atoms with van der Waals surface area (Å²) in [5.74, 6) is 0.705.